The van der Waals surface area contributed by atoms with Gasteiger partial charge in [0.25, 0.3) is 0 Å². The summed E-state index contributed by atoms with van der Waals surface area (Å²) in [5.41, 5.74) is 5.59. The molecule has 0 saturated carbocycles. The third-order valence-corrected chi connectivity index (χ3v) is 5.47. The molecule has 1 aromatic carbocycles. The van der Waals surface area contributed by atoms with Gasteiger partial charge in [0, 0.05) is 24.2 Å². The molecule has 0 bridgehead atoms. The van der Waals surface area contributed by atoms with E-state index in [0.717, 1.165) is 6.42 Å². The van der Waals surface area contributed by atoms with Crippen LogP contribution >= 0.6 is 11.6 Å². The lowest BCUT2D eigenvalue weighted by molar-refractivity contribution is 0.397. The van der Waals surface area contributed by atoms with Crippen molar-refractivity contribution in [3.63, 3.8) is 0 Å². The Morgan fingerprint density at radius 3 is 2.84 bits per heavy atom. The van der Waals surface area contributed by atoms with Crippen LogP contribution < -0.4 is 10.5 Å². The van der Waals surface area contributed by atoms with Crippen LogP contribution in [0.15, 0.2) is 23.1 Å². The first-order valence-electron chi connectivity index (χ1n) is 6.02. The Bertz CT molecular complexity index is 562. The van der Waals surface area contributed by atoms with Gasteiger partial charge in [0.05, 0.1) is 7.11 Å². The zero-order valence-electron chi connectivity index (χ0n) is 10.7. The molecule has 106 valence electrons. The van der Waals surface area contributed by atoms with Crippen LogP contribution in [0.4, 0.5) is 0 Å². The molecule has 5 nitrogen and oxygen atoms in total. The van der Waals surface area contributed by atoms with E-state index in [0.29, 0.717) is 24.7 Å². The largest absolute Gasteiger partial charge is 0.495 e. The molecule has 0 aromatic heterocycles. The fourth-order valence-electron chi connectivity index (χ4n) is 2.20. The second-order valence-corrected chi connectivity index (χ2v) is 6.89. The lowest BCUT2D eigenvalue weighted by atomic mass is 10.1. The normalized spacial score (nSPS) is 20.7. The van der Waals surface area contributed by atoms with Crippen LogP contribution in [0.2, 0.25) is 5.02 Å². The Labute approximate surface area is 118 Å². The average molecular weight is 305 g/mol. The number of nitrogens with zero attached hydrogens (tertiary/aromatic N) is 1. The summed E-state index contributed by atoms with van der Waals surface area (Å²) in [6, 6.07) is 4.53. The summed E-state index contributed by atoms with van der Waals surface area (Å²) in [4.78, 5) is 0.150. The Morgan fingerprint density at radius 2 is 2.26 bits per heavy atom. The van der Waals surface area contributed by atoms with Crippen LogP contribution in [0.25, 0.3) is 0 Å². The zero-order chi connectivity index (χ0) is 14.0. The van der Waals surface area contributed by atoms with Crippen molar-refractivity contribution in [1.29, 1.82) is 0 Å². The summed E-state index contributed by atoms with van der Waals surface area (Å²) in [7, 11) is -2.12. The fourth-order valence-corrected chi connectivity index (χ4v) is 4.03. The minimum Gasteiger partial charge on any atom is -0.495 e. The molecule has 7 heteroatoms. The number of methoxy groups -OCH3 is 1. The van der Waals surface area contributed by atoms with E-state index < -0.39 is 10.0 Å². The molecule has 1 aromatic rings. The second kappa shape index (κ2) is 5.66. The molecule has 0 amide bonds. The average Bonchev–Trinajstić information content (AvgIpc) is 2.87. The molecule has 1 heterocycles. The maximum atomic E-state index is 12.5. The smallest absolute Gasteiger partial charge is 0.246 e. The monoisotopic (exact) mass is 304 g/mol. The van der Waals surface area contributed by atoms with Gasteiger partial charge in [0.2, 0.25) is 10.0 Å². The third-order valence-electron chi connectivity index (χ3n) is 3.33. The first kappa shape index (κ1) is 14.6. The molecule has 0 spiro atoms. The molecule has 1 fully saturated rings. The molecule has 2 N–H and O–H groups in total. The number of hydrogen-bond acceptors (Lipinski definition) is 4. The summed E-state index contributed by atoms with van der Waals surface area (Å²) in [6.45, 7) is 1.46. The quantitative estimate of drug-likeness (QED) is 0.910. The first-order valence-corrected chi connectivity index (χ1v) is 7.84. The van der Waals surface area contributed by atoms with Crippen molar-refractivity contribution >= 4 is 21.6 Å². The minimum absolute atomic E-state index is 0.150. The maximum Gasteiger partial charge on any atom is 0.246 e. The minimum atomic E-state index is -3.55. The van der Waals surface area contributed by atoms with Gasteiger partial charge in [-0.1, -0.05) is 11.6 Å². The van der Waals surface area contributed by atoms with Gasteiger partial charge in [-0.05, 0) is 31.0 Å². The van der Waals surface area contributed by atoms with E-state index >= 15 is 0 Å². The van der Waals surface area contributed by atoms with Crippen molar-refractivity contribution in [2.24, 2.45) is 11.7 Å². The van der Waals surface area contributed by atoms with Crippen molar-refractivity contribution in [1.82, 2.24) is 4.31 Å². The Balaban J connectivity index is 2.35. The van der Waals surface area contributed by atoms with Gasteiger partial charge in [-0.3, -0.25) is 0 Å². The Hall–Kier alpha value is -0.820. The lowest BCUT2D eigenvalue weighted by Crippen LogP contribution is -2.30. The number of benzene rings is 1. The van der Waals surface area contributed by atoms with Crippen molar-refractivity contribution in [3.8, 4) is 5.75 Å². The van der Waals surface area contributed by atoms with Gasteiger partial charge in [-0.2, -0.15) is 4.31 Å². The van der Waals surface area contributed by atoms with Crippen LogP contribution in [0.1, 0.15) is 6.42 Å². The van der Waals surface area contributed by atoms with Gasteiger partial charge in [0.15, 0.2) is 0 Å². The highest BCUT2D eigenvalue weighted by Gasteiger charge is 2.33. The van der Waals surface area contributed by atoms with E-state index in [4.69, 9.17) is 22.1 Å². The van der Waals surface area contributed by atoms with E-state index in [2.05, 4.69) is 0 Å². The van der Waals surface area contributed by atoms with E-state index in [1.54, 1.807) is 6.07 Å². The van der Waals surface area contributed by atoms with Crippen LogP contribution in [0, 0.1) is 5.92 Å². The van der Waals surface area contributed by atoms with E-state index in [1.807, 2.05) is 0 Å². The molecule has 0 aliphatic carbocycles. The van der Waals surface area contributed by atoms with Gasteiger partial charge in [0.1, 0.15) is 10.6 Å². The Kier molecular flexibility index (Phi) is 4.35. The number of hydrogen-bond donors (Lipinski definition) is 1. The summed E-state index contributed by atoms with van der Waals surface area (Å²) < 4.78 is 31.7. The second-order valence-electron chi connectivity index (χ2n) is 4.55. The molecule has 2 rings (SSSR count). The number of ether oxygens (including phenoxy) is 1. The zero-order valence-corrected chi connectivity index (χ0v) is 12.2. The third kappa shape index (κ3) is 2.86. The Morgan fingerprint density at radius 1 is 1.53 bits per heavy atom. The van der Waals surface area contributed by atoms with Crippen molar-refractivity contribution in [2.75, 3.05) is 26.7 Å². The van der Waals surface area contributed by atoms with E-state index in [9.17, 15) is 8.42 Å². The van der Waals surface area contributed by atoms with Crippen LogP contribution in [-0.2, 0) is 10.0 Å². The SMILES string of the molecule is COc1cc(Cl)ccc1S(=O)(=O)N1CCC(CN)C1. The van der Waals surface area contributed by atoms with Gasteiger partial charge >= 0.3 is 0 Å². The molecule has 1 saturated heterocycles. The molecule has 19 heavy (non-hydrogen) atoms. The molecule has 1 aliphatic heterocycles. The first-order chi connectivity index (χ1) is 8.98. The number of rotatable bonds is 4. The van der Waals surface area contributed by atoms with Crippen LogP contribution in [-0.4, -0.2) is 39.5 Å². The topological polar surface area (TPSA) is 72.6 Å². The van der Waals surface area contributed by atoms with E-state index in [1.165, 1.54) is 23.5 Å². The highest BCUT2D eigenvalue weighted by atomic mass is 35.5. The number of nitrogens with two attached hydrogens (primary N) is 1. The predicted octanol–water partition coefficient (Wildman–Crippen LogP) is 1.32. The molecular formula is C12H17ClN2O3S. The standard InChI is InChI=1S/C12H17ClN2O3S/c1-18-11-6-10(13)2-3-12(11)19(16,17)15-5-4-9(7-14)8-15/h2-3,6,9H,4-5,7-8,14H2,1H3. The number of sulfonamides is 1. The highest BCUT2D eigenvalue weighted by Crippen LogP contribution is 2.31. The molecule has 1 atom stereocenters. The van der Waals surface area contributed by atoms with E-state index in [-0.39, 0.29) is 16.6 Å². The van der Waals surface area contributed by atoms with Crippen molar-refractivity contribution in [2.45, 2.75) is 11.3 Å². The van der Waals surface area contributed by atoms with Crippen LogP contribution in [0.3, 0.4) is 0 Å². The molecule has 1 aliphatic rings. The van der Waals surface area contributed by atoms with Crippen molar-refractivity contribution in [3.05, 3.63) is 23.2 Å². The van der Waals surface area contributed by atoms with Gasteiger partial charge in [-0.25, -0.2) is 8.42 Å². The summed E-state index contributed by atoms with van der Waals surface area (Å²) in [5.74, 6) is 0.497. The molecule has 1 unspecified atom stereocenters. The fraction of sp³-hybridized carbons (Fsp3) is 0.500. The summed E-state index contributed by atoms with van der Waals surface area (Å²) in [6.07, 6.45) is 0.797. The maximum absolute atomic E-state index is 12.5. The predicted molar refractivity (Wildman–Crippen MR) is 73.9 cm³/mol. The number of halogens is 1. The lowest BCUT2D eigenvalue weighted by Gasteiger charge is -2.18. The van der Waals surface area contributed by atoms with Gasteiger partial charge in [-0.15, -0.1) is 0 Å². The summed E-state index contributed by atoms with van der Waals surface area (Å²) in [5, 5.41) is 0.442. The molecular weight excluding hydrogens is 288 g/mol. The summed E-state index contributed by atoms with van der Waals surface area (Å²) >= 11 is 5.85. The molecule has 0 radical (unpaired) electrons. The van der Waals surface area contributed by atoms with Crippen LogP contribution in [0.5, 0.6) is 5.75 Å². The van der Waals surface area contributed by atoms with Crippen molar-refractivity contribution < 1.29 is 13.2 Å². The highest BCUT2D eigenvalue weighted by molar-refractivity contribution is 7.89. The van der Waals surface area contributed by atoms with Gasteiger partial charge < -0.3 is 10.5 Å².